The zero-order valence-electron chi connectivity index (χ0n) is 11.2. The molecule has 0 aliphatic carbocycles. The first-order valence-electron chi connectivity index (χ1n) is 6.42. The van der Waals surface area contributed by atoms with Gasteiger partial charge in [-0.05, 0) is 20.5 Å². The van der Waals surface area contributed by atoms with Crippen molar-refractivity contribution in [1.29, 1.82) is 0 Å². The number of carboxylic acid groups (broad SMARTS) is 1. The summed E-state index contributed by atoms with van der Waals surface area (Å²) >= 11 is 0. The molecule has 7 heteroatoms. The SMILES string of the molecule is CN1CC[C@@H](O)[C@H]1C(=O)O[C@@H]1C[C@@H](C(=O)O)N(C)C1. The van der Waals surface area contributed by atoms with Gasteiger partial charge >= 0.3 is 11.9 Å². The number of aliphatic carboxylic acids is 1. The first kappa shape index (κ1) is 14.2. The number of likely N-dealkylation sites (N-methyl/N-ethyl adjacent to an activating group) is 2. The maximum Gasteiger partial charge on any atom is 0.326 e. The van der Waals surface area contributed by atoms with Gasteiger partial charge in [-0.2, -0.15) is 0 Å². The van der Waals surface area contributed by atoms with Crippen molar-refractivity contribution in [2.24, 2.45) is 0 Å². The minimum atomic E-state index is -0.904. The van der Waals surface area contributed by atoms with Crippen molar-refractivity contribution in [2.45, 2.75) is 37.1 Å². The number of carbonyl (C=O) groups is 2. The molecule has 0 spiro atoms. The molecule has 0 radical (unpaired) electrons. The van der Waals surface area contributed by atoms with Gasteiger partial charge in [0.2, 0.25) is 0 Å². The number of carboxylic acids is 1. The maximum atomic E-state index is 12.0. The number of hydrogen-bond acceptors (Lipinski definition) is 6. The summed E-state index contributed by atoms with van der Waals surface area (Å²) in [5.41, 5.74) is 0. The van der Waals surface area contributed by atoms with E-state index in [-0.39, 0.29) is 0 Å². The summed E-state index contributed by atoms with van der Waals surface area (Å²) in [6.07, 6.45) is -0.269. The van der Waals surface area contributed by atoms with Gasteiger partial charge in [-0.25, -0.2) is 0 Å². The van der Waals surface area contributed by atoms with E-state index in [1.54, 1.807) is 23.9 Å². The number of rotatable bonds is 3. The van der Waals surface area contributed by atoms with E-state index in [0.717, 1.165) is 0 Å². The van der Waals surface area contributed by atoms with E-state index in [4.69, 9.17) is 9.84 Å². The van der Waals surface area contributed by atoms with Crippen LogP contribution in [-0.4, -0.2) is 83.4 Å². The van der Waals surface area contributed by atoms with Crippen LogP contribution in [0.15, 0.2) is 0 Å². The van der Waals surface area contributed by atoms with Crippen molar-refractivity contribution >= 4 is 11.9 Å². The Balaban J connectivity index is 1.92. The molecule has 0 amide bonds. The van der Waals surface area contributed by atoms with Gasteiger partial charge in [0.1, 0.15) is 18.2 Å². The molecule has 0 aromatic carbocycles. The number of esters is 1. The summed E-state index contributed by atoms with van der Waals surface area (Å²) < 4.78 is 5.34. The Morgan fingerprint density at radius 2 is 1.95 bits per heavy atom. The van der Waals surface area contributed by atoms with Gasteiger partial charge in [0.25, 0.3) is 0 Å². The van der Waals surface area contributed by atoms with Crippen LogP contribution in [0.2, 0.25) is 0 Å². The fraction of sp³-hybridized carbons (Fsp3) is 0.833. The molecule has 108 valence electrons. The van der Waals surface area contributed by atoms with Crippen molar-refractivity contribution < 1.29 is 24.5 Å². The first-order chi connectivity index (χ1) is 8.90. The lowest BCUT2D eigenvalue weighted by Gasteiger charge is -2.22. The van der Waals surface area contributed by atoms with Crippen molar-refractivity contribution in [2.75, 3.05) is 27.2 Å². The first-order valence-corrected chi connectivity index (χ1v) is 6.42. The molecule has 0 saturated carbocycles. The maximum absolute atomic E-state index is 12.0. The lowest BCUT2D eigenvalue weighted by Crippen LogP contribution is -2.42. The lowest BCUT2D eigenvalue weighted by molar-refractivity contribution is -0.156. The van der Waals surface area contributed by atoms with Crippen LogP contribution in [0.25, 0.3) is 0 Å². The monoisotopic (exact) mass is 272 g/mol. The Bertz CT molecular complexity index is 365. The van der Waals surface area contributed by atoms with Gasteiger partial charge < -0.3 is 14.9 Å². The van der Waals surface area contributed by atoms with E-state index in [9.17, 15) is 14.7 Å². The minimum absolute atomic E-state index is 0.296. The summed E-state index contributed by atoms with van der Waals surface area (Å²) in [4.78, 5) is 26.4. The number of aliphatic hydroxyl groups is 1. The Hall–Kier alpha value is -1.18. The average Bonchev–Trinajstić information content (AvgIpc) is 2.82. The van der Waals surface area contributed by atoms with Gasteiger partial charge in [0, 0.05) is 19.5 Å². The summed E-state index contributed by atoms with van der Waals surface area (Å²) in [6, 6.07) is -1.24. The number of likely N-dealkylation sites (tertiary alicyclic amines) is 2. The second kappa shape index (κ2) is 5.44. The molecule has 2 heterocycles. The van der Waals surface area contributed by atoms with Crippen molar-refractivity contribution in [3.05, 3.63) is 0 Å². The van der Waals surface area contributed by atoms with E-state index < -0.39 is 36.2 Å². The predicted molar refractivity (Wildman–Crippen MR) is 65.6 cm³/mol. The highest BCUT2D eigenvalue weighted by atomic mass is 16.5. The Morgan fingerprint density at radius 1 is 1.26 bits per heavy atom. The molecule has 2 aliphatic rings. The van der Waals surface area contributed by atoms with Gasteiger partial charge in [0.15, 0.2) is 0 Å². The predicted octanol–water partition coefficient (Wildman–Crippen LogP) is -1.25. The van der Waals surface area contributed by atoms with E-state index in [1.807, 2.05) is 0 Å². The molecule has 19 heavy (non-hydrogen) atoms. The van der Waals surface area contributed by atoms with Crippen LogP contribution in [0.4, 0.5) is 0 Å². The zero-order chi connectivity index (χ0) is 14.2. The second-order valence-corrected chi connectivity index (χ2v) is 5.37. The van der Waals surface area contributed by atoms with E-state index in [1.165, 1.54) is 0 Å². The fourth-order valence-electron chi connectivity index (χ4n) is 2.82. The average molecular weight is 272 g/mol. The highest BCUT2D eigenvalue weighted by molar-refractivity contribution is 5.78. The number of carbonyl (C=O) groups excluding carboxylic acids is 1. The molecule has 0 aromatic heterocycles. The molecular formula is C12H20N2O5. The zero-order valence-corrected chi connectivity index (χ0v) is 11.2. The molecule has 0 bridgehead atoms. The molecule has 4 atom stereocenters. The lowest BCUT2D eigenvalue weighted by atomic mass is 10.1. The normalized spacial score (nSPS) is 36.6. The van der Waals surface area contributed by atoms with Crippen LogP contribution in [0.5, 0.6) is 0 Å². The van der Waals surface area contributed by atoms with Gasteiger partial charge in [-0.3, -0.25) is 19.4 Å². The minimum Gasteiger partial charge on any atom is -0.480 e. The Labute approximate surface area is 111 Å². The largest absolute Gasteiger partial charge is 0.480 e. The van der Waals surface area contributed by atoms with Crippen molar-refractivity contribution in [3.8, 4) is 0 Å². The molecule has 0 unspecified atom stereocenters. The second-order valence-electron chi connectivity index (χ2n) is 5.37. The van der Waals surface area contributed by atoms with Crippen LogP contribution >= 0.6 is 0 Å². The van der Waals surface area contributed by atoms with E-state index >= 15 is 0 Å². The number of ether oxygens (including phenoxy) is 1. The van der Waals surface area contributed by atoms with Crippen LogP contribution in [-0.2, 0) is 14.3 Å². The third kappa shape index (κ3) is 2.88. The quantitative estimate of drug-likeness (QED) is 0.620. The number of nitrogens with zero attached hydrogens (tertiary/aromatic N) is 2. The molecule has 2 fully saturated rings. The molecule has 2 rings (SSSR count). The summed E-state index contributed by atoms with van der Waals surface area (Å²) in [5, 5.41) is 18.7. The Morgan fingerprint density at radius 3 is 2.42 bits per heavy atom. The van der Waals surface area contributed by atoms with Crippen LogP contribution < -0.4 is 0 Å². The van der Waals surface area contributed by atoms with E-state index in [2.05, 4.69) is 0 Å². The summed E-state index contributed by atoms with van der Waals surface area (Å²) in [7, 11) is 3.46. The topological polar surface area (TPSA) is 90.3 Å². The van der Waals surface area contributed by atoms with Gasteiger partial charge in [-0.1, -0.05) is 0 Å². The molecule has 2 aliphatic heterocycles. The highest BCUT2D eigenvalue weighted by Gasteiger charge is 2.41. The Kier molecular flexibility index (Phi) is 4.07. The number of aliphatic hydroxyl groups excluding tert-OH is 1. The van der Waals surface area contributed by atoms with Gasteiger partial charge in [-0.15, -0.1) is 0 Å². The van der Waals surface area contributed by atoms with Gasteiger partial charge in [0.05, 0.1) is 6.10 Å². The molecular weight excluding hydrogens is 252 g/mol. The summed E-state index contributed by atoms with van der Waals surface area (Å²) in [5.74, 6) is -1.36. The fourth-order valence-corrected chi connectivity index (χ4v) is 2.82. The highest BCUT2D eigenvalue weighted by Crippen LogP contribution is 2.22. The standard InChI is InChI=1S/C12H20N2O5/c1-13-4-3-9(15)10(13)12(18)19-7-5-8(11(16)17)14(2)6-7/h7-10,15H,3-6H2,1-2H3,(H,16,17)/t7-,8+,9-,10+/m1/s1. The molecule has 2 N–H and O–H groups in total. The molecule has 0 aromatic rings. The summed E-state index contributed by atoms with van der Waals surface area (Å²) in [6.45, 7) is 1.07. The van der Waals surface area contributed by atoms with Crippen LogP contribution in [0, 0.1) is 0 Å². The molecule has 2 saturated heterocycles. The number of hydrogen-bond donors (Lipinski definition) is 2. The van der Waals surface area contributed by atoms with E-state index in [0.29, 0.717) is 25.9 Å². The van der Waals surface area contributed by atoms with Crippen molar-refractivity contribution in [1.82, 2.24) is 9.80 Å². The smallest absolute Gasteiger partial charge is 0.326 e. The molecule has 7 nitrogen and oxygen atoms in total. The van der Waals surface area contributed by atoms with Crippen molar-refractivity contribution in [3.63, 3.8) is 0 Å². The van der Waals surface area contributed by atoms with Crippen LogP contribution in [0.3, 0.4) is 0 Å². The third-order valence-corrected chi connectivity index (χ3v) is 3.94. The van der Waals surface area contributed by atoms with Crippen LogP contribution in [0.1, 0.15) is 12.8 Å². The third-order valence-electron chi connectivity index (χ3n) is 3.94.